The molecule has 1 heterocycles. The zero-order valence-electron chi connectivity index (χ0n) is 19.4. The van der Waals surface area contributed by atoms with Gasteiger partial charge in [0.05, 0.1) is 36.1 Å². The number of carbonyl (C=O) groups excluding carboxylic acids is 2. The number of rotatable bonds is 10. The van der Waals surface area contributed by atoms with E-state index in [-0.39, 0.29) is 29.7 Å². The Kier molecular flexibility index (Phi) is 8.77. The summed E-state index contributed by atoms with van der Waals surface area (Å²) in [6, 6.07) is 4.29. The minimum absolute atomic E-state index is 0.164. The fourth-order valence-corrected chi connectivity index (χ4v) is 4.29. The Morgan fingerprint density at radius 1 is 1.32 bits per heavy atom. The van der Waals surface area contributed by atoms with Crippen LogP contribution < -0.4 is 16.8 Å². The molecule has 0 saturated heterocycles. The Morgan fingerprint density at radius 2 is 2.09 bits per heavy atom. The largest absolute Gasteiger partial charge is 0.349 e. The maximum absolute atomic E-state index is 14.6. The summed E-state index contributed by atoms with van der Waals surface area (Å²) < 4.78 is 16.4. The topological polar surface area (TPSA) is 116 Å². The third-order valence-electron chi connectivity index (χ3n) is 6.00. The van der Waals surface area contributed by atoms with Crippen molar-refractivity contribution in [3.8, 4) is 5.69 Å². The van der Waals surface area contributed by atoms with Crippen LogP contribution in [0.3, 0.4) is 0 Å². The van der Waals surface area contributed by atoms with Crippen LogP contribution in [0.15, 0.2) is 48.5 Å². The zero-order valence-corrected chi connectivity index (χ0v) is 20.2. The molecule has 0 saturated carbocycles. The molecular weight excluding hydrogens is 457 g/mol. The number of hydrogen-bond acceptors (Lipinski definition) is 5. The van der Waals surface area contributed by atoms with Crippen LogP contribution in [-0.2, 0) is 11.3 Å². The molecule has 1 aliphatic carbocycles. The van der Waals surface area contributed by atoms with E-state index in [0.29, 0.717) is 35.2 Å². The molecule has 3 atom stereocenters. The molecule has 0 fully saturated rings. The van der Waals surface area contributed by atoms with Gasteiger partial charge in [0, 0.05) is 10.6 Å². The lowest BCUT2D eigenvalue weighted by Gasteiger charge is -2.23. The van der Waals surface area contributed by atoms with Crippen molar-refractivity contribution in [2.45, 2.75) is 45.7 Å². The summed E-state index contributed by atoms with van der Waals surface area (Å²) in [7, 11) is 0. The number of aryl methyl sites for hydroxylation is 1. The van der Waals surface area contributed by atoms with Crippen LogP contribution in [0.2, 0.25) is 5.02 Å². The van der Waals surface area contributed by atoms with Crippen molar-refractivity contribution in [2.24, 2.45) is 23.3 Å². The van der Waals surface area contributed by atoms with Crippen molar-refractivity contribution in [1.82, 2.24) is 14.9 Å². The number of allylic oxidation sites excluding steroid dienone is 4. The second kappa shape index (κ2) is 11.6. The average molecular weight is 488 g/mol. The second-order valence-electron chi connectivity index (χ2n) is 8.54. The lowest BCUT2D eigenvalue weighted by molar-refractivity contribution is -0.122. The van der Waals surface area contributed by atoms with Crippen molar-refractivity contribution in [1.29, 1.82) is 0 Å². The summed E-state index contributed by atoms with van der Waals surface area (Å²) in [6.45, 7) is 4.32. The number of amides is 1. The molecule has 2 unspecified atom stereocenters. The minimum atomic E-state index is -0.930. The van der Waals surface area contributed by atoms with Crippen LogP contribution in [0.5, 0.6) is 0 Å². The number of nitrogens with two attached hydrogens (primary N) is 2. The van der Waals surface area contributed by atoms with Crippen LogP contribution in [0.25, 0.3) is 5.69 Å². The van der Waals surface area contributed by atoms with Crippen molar-refractivity contribution in [2.75, 3.05) is 6.54 Å². The van der Waals surface area contributed by atoms with Gasteiger partial charge >= 0.3 is 0 Å². The number of aromatic nitrogens is 2. The van der Waals surface area contributed by atoms with Gasteiger partial charge in [0.2, 0.25) is 5.91 Å². The highest BCUT2D eigenvalue weighted by molar-refractivity contribution is 6.31. The number of ketones is 1. The molecule has 0 bridgehead atoms. The Bertz CT molecular complexity index is 1110. The Morgan fingerprint density at radius 3 is 2.79 bits per heavy atom. The smallest absolute Gasteiger partial charge is 0.237 e. The molecule has 1 aromatic carbocycles. The maximum atomic E-state index is 14.6. The van der Waals surface area contributed by atoms with E-state index in [1.165, 1.54) is 6.08 Å². The van der Waals surface area contributed by atoms with Crippen molar-refractivity contribution in [3.05, 3.63) is 70.6 Å². The van der Waals surface area contributed by atoms with Crippen LogP contribution in [0, 0.1) is 18.8 Å². The van der Waals surface area contributed by atoms with E-state index in [1.54, 1.807) is 55.0 Å². The fourth-order valence-electron chi connectivity index (χ4n) is 4.11. The van der Waals surface area contributed by atoms with Gasteiger partial charge in [-0.3, -0.25) is 14.2 Å². The van der Waals surface area contributed by atoms with E-state index >= 15 is 0 Å². The normalized spacial score (nSPS) is 18.5. The summed E-state index contributed by atoms with van der Waals surface area (Å²) in [5, 5.41) is 3.21. The molecular formula is C25H31ClFN5O2. The third kappa shape index (κ3) is 5.81. The molecule has 7 nitrogen and oxygen atoms in total. The fraction of sp³-hybridized carbons (Fsp3) is 0.400. The lowest BCUT2D eigenvalue weighted by Crippen LogP contribution is -2.40. The van der Waals surface area contributed by atoms with Gasteiger partial charge in [-0.25, -0.2) is 9.37 Å². The predicted molar refractivity (Wildman–Crippen MR) is 131 cm³/mol. The Hall–Kier alpha value is -2.81. The predicted octanol–water partition coefficient (Wildman–Crippen LogP) is 3.76. The van der Waals surface area contributed by atoms with E-state index in [9.17, 15) is 14.0 Å². The average Bonchev–Trinajstić information content (AvgIpc) is 3.17. The number of nitrogens with zero attached hydrogens (tertiary/aromatic N) is 2. The minimum Gasteiger partial charge on any atom is -0.349 e. The first kappa shape index (κ1) is 25.8. The number of unbranched alkanes of at least 4 members (excludes halogenated alkanes) is 1. The first-order chi connectivity index (χ1) is 16.2. The number of benzene rings is 1. The third-order valence-corrected chi connectivity index (χ3v) is 6.24. The number of halogens is 2. The highest BCUT2D eigenvalue weighted by atomic mass is 35.5. The van der Waals surface area contributed by atoms with E-state index in [0.717, 1.165) is 12.8 Å². The van der Waals surface area contributed by atoms with Gasteiger partial charge in [0.15, 0.2) is 5.78 Å². The Balaban J connectivity index is 1.88. The van der Waals surface area contributed by atoms with Crippen LogP contribution in [-0.4, -0.2) is 33.8 Å². The first-order valence-corrected chi connectivity index (χ1v) is 11.8. The molecule has 0 spiro atoms. The number of nitrogens with one attached hydrogen (secondary N) is 1. The molecule has 0 radical (unpaired) electrons. The number of carbonyl (C=O) groups is 2. The highest BCUT2D eigenvalue weighted by Gasteiger charge is 2.32. The van der Waals surface area contributed by atoms with E-state index in [4.69, 9.17) is 23.1 Å². The van der Waals surface area contributed by atoms with Crippen LogP contribution in [0.1, 0.15) is 48.1 Å². The molecule has 1 aromatic heterocycles. The van der Waals surface area contributed by atoms with Crippen molar-refractivity contribution >= 4 is 23.3 Å². The van der Waals surface area contributed by atoms with Gasteiger partial charge in [0.25, 0.3) is 0 Å². The van der Waals surface area contributed by atoms with E-state index in [1.807, 2.05) is 0 Å². The Labute approximate surface area is 204 Å². The van der Waals surface area contributed by atoms with Crippen molar-refractivity contribution < 1.29 is 14.0 Å². The maximum Gasteiger partial charge on any atom is 0.237 e. The summed E-state index contributed by atoms with van der Waals surface area (Å²) >= 11 is 6.23. The molecule has 182 valence electrons. The summed E-state index contributed by atoms with van der Waals surface area (Å²) in [6.07, 6.45) is 8.49. The molecule has 0 aliphatic heterocycles. The first-order valence-electron chi connectivity index (χ1n) is 11.4. The van der Waals surface area contributed by atoms with E-state index in [2.05, 4.69) is 10.3 Å². The summed E-state index contributed by atoms with van der Waals surface area (Å²) in [5.74, 6) is -1.74. The number of imidazole rings is 1. The summed E-state index contributed by atoms with van der Waals surface area (Å²) in [4.78, 5) is 30.3. The SMILES string of the molecule is Cc1ncc(CNC(=O)[C@@H](N)CCCCN)n1-c1ccc(Cl)cc1C(=O)C1C(F)=CC=CC1C. The van der Waals surface area contributed by atoms with Crippen LogP contribution in [0.4, 0.5) is 4.39 Å². The molecule has 3 rings (SSSR count). The van der Waals surface area contributed by atoms with Gasteiger partial charge in [-0.2, -0.15) is 0 Å². The number of Topliss-reactive ketones (excluding diaryl/α,β-unsaturated/α-hetero) is 1. The van der Waals surface area contributed by atoms with E-state index < -0.39 is 17.8 Å². The molecule has 1 aliphatic rings. The lowest BCUT2D eigenvalue weighted by atomic mass is 9.82. The quantitative estimate of drug-likeness (QED) is 0.348. The van der Waals surface area contributed by atoms with Gasteiger partial charge in [-0.15, -0.1) is 0 Å². The zero-order chi connectivity index (χ0) is 24.8. The highest BCUT2D eigenvalue weighted by Crippen LogP contribution is 2.33. The standard InChI is InChI=1S/C25H31ClFN5O2/c1-15-6-5-7-20(27)23(15)24(33)19-12-17(26)9-10-22(19)32-16(2)30-13-18(32)14-31-25(34)21(29)8-3-4-11-28/h5-7,9-10,12-13,15,21,23H,3-4,8,11,14,28-29H2,1-2H3,(H,31,34)/t15?,21-,23?/m0/s1. The van der Waals surface area contributed by atoms with Crippen molar-refractivity contribution in [3.63, 3.8) is 0 Å². The van der Waals surface area contributed by atoms with Gasteiger partial charge in [-0.05, 0) is 56.5 Å². The monoisotopic (exact) mass is 487 g/mol. The van der Waals surface area contributed by atoms with Gasteiger partial charge in [-0.1, -0.05) is 37.1 Å². The molecule has 1 amide bonds. The van der Waals surface area contributed by atoms with Crippen LogP contribution >= 0.6 is 11.6 Å². The number of hydrogen-bond donors (Lipinski definition) is 3. The second-order valence-corrected chi connectivity index (χ2v) is 8.98. The van der Waals surface area contributed by atoms with Gasteiger partial charge in [0.1, 0.15) is 11.7 Å². The summed E-state index contributed by atoms with van der Waals surface area (Å²) in [5.41, 5.74) is 12.9. The molecule has 2 aromatic rings. The van der Waals surface area contributed by atoms with Gasteiger partial charge < -0.3 is 16.8 Å². The molecule has 9 heteroatoms. The molecule has 34 heavy (non-hydrogen) atoms. The molecule has 5 N–H and O–H groups in total.